The van der Waals surface area contributed by atoms with Crippen LogP contribution in [0.1, 0.15) is 29.3 Å². The zero-order valence-electron chi connectivity index (χ0n) is 17.2. The third-order valence-corrected chi connectivity index (χ3v) is 5.55. The molecule has 3 aromatic rings. The van der Waals surface area contributed by atoms with Crippen LogP contribution in [-0.4, -0.2) is 48.7 Å². The Morgan fingerprint density at radius 1 is 1.13 bits per heavy atom. The van der Waals surface area contributed by atoms with Gasteiger partial charge in [0.15, 0.2) is 0 Å². The molecule has 0 radical (unpaired) electrons. The highest BCUT2D eigenvalue weighted by Gasteiger charge is 2.21. The van der Waals surface area contributed by atoms with Crippen LogP contribution in [-0.2, 0) is 4.74 Å². The molecule has 0 atom stereocenters. The molecule has 0 amide bonds. The van der Waals surface area contributed by atoms with Crippen LogP contribution >= 0.6 is 11.6 Å². The molecular formula is C23H22ClN5O2. The van der Waals surface area contributed by atoms with Crippen molar-refractivity contribution < 1.29 is 9.53 Å². The van der Waals surface area contributed by atoms with E-state index in [1.54, 1.807) is 25.4 Å². The Balaban J connectivity index is 1.57. The quantitative estimate of drug-likeness (QED) is 0.571. The topological polar surface area (TPSA) is 82.4 Å². The molecule has 1 saturated heterocycles. The van der Waals surface area contributed by atoms with Gasteiger partial charge in [0.1, 0.15) is 11.9 Å². The molecule has 0 bridgehead atoms. The first-order valence-electron chi connectivity index (χ1n) is 10.2. The number of benzene rings is 1. The molecule has 8 heteroatoms. The maximum Gasteiger partial charge on any atom is 0.339 e. The first kappa shape index (κ1) is 20.9. The fourth-order valence-corrected chi connectivity index (χ4v) is 4.02. The lowest BCUT2D eigenvalue weighted by molar-refractivity contribution is 0.0526. The Hall–Kier alpha value is -3.37. The average molecular weight is 436 g/mol. The van der Waals surface area contributed by atoms with Crippen molar-refractivity contribution in [3.8, 4) is 6.07 Å². The van der Waals surface area contributed by atoms with Gasteiger partial charge in [0.25, 0.3) is 0 Å². The summed E-state index contributed by atoms with van der Waals surface area (Å²) in [6.45, 7) is 5.21. The number of nitrogens with zero attached hydrogens (tertiary/aromatic N) is 5. The first-order chi connectivity index (χ1) is 15.1. The number of hydrogen-bond donors (Lipinski definition) is 0. The summed E-state index contributed by atoms with van der Waals surface area (Å²) in [5.41, 5.74) is 2.68. The molecule has 1 aliphatic rings. The zero-order valence-corrected chi connectivity index (χ0v) is 18.0. The van der Waals surface area contributed by atoms with E-state index in [0.29, 0.717) is 22.8 Å². The summed E-state index contributed by atoms with van der Waals surface area (Å²) in [6.07, 6.45) is 4.09. The van der Waals surface area contributed by atoms with Crippen molar-refractivity contribution in [3.63, 3.8) is 0 Å². The zero-order chi connectivity index (χ0) is 21.8. The van der Waals surface area contributed by atoms with Crippen LogP contribution < -0.4 is 9.80 Å². The number of anilines is 2. The molecular weight excluding hydrogens is 414 g/mol. The van der Waals surface area contributed by atoms with Crippen molar-refractivity contribution in [1.29, 1.82) is 5.26 Å². The molecule has 0 saturated carbocycles. The number of pyridine rings is 2. The third kappa shape index (κ3) is 4.39. The third-order valence-electron chi connectivity index (χ3n) is 5.32. The van der Waals surface area contributed by atoms with Crippen molar-refractivity contribution in [2.45, 2.75) is 13.3 Å². The van der Waals surface area contributed by atoms with Crippen molar-refractivity contribution in [1.82, 2.24) is 9.97 Å². The van der Waals surface area contributed by atoms with Gasteiger partial charge in [-0.05, 0) is 43.7 Å². The number of fused-ring (bicyclic) bond motifs is 1. The Bertz CT molecular complexity index is 1140. The van der Waals surface area contributed by atoms with E-state index in [-0.39, 0.29) is 5.97 Å². The van der Waals surface area contributed by atoms with Gasteiger partial charge in [0.2, 0.25) is 0 Å². The fraction of sp³-hybridized carbons (Fsp3) is 0.304. The van der Waals surface area contributed by atoms with Gasteiger partial charge < -0.3 is 14.5 Å². The van der Waals surface area contributed by atoms with E-state index in [0.717, 1.165) is 55.0 Å². The number of carbonyl (C=O) groups excluding carboxylic acids is 1. The molecule has 2 aromatic heterocycles. The maximum absolute atomic E-state index is 11.9. The lowest BCUT2D eigenvalue weighted by Gasteiger charge is -2.26. The summed E-state index contributed by atoms with van der Waals surface area (Å²) in [4.78, 5) is 25.1. The van der Waals surface area contributed by atoms with Crippen LogP contribution in [0.3, 0.4) is 0 Å². The van der Waals surface area contributed by atoms with E-state index < -0.39 is 0 Å². The van der Waals surface area contributed by atoms with E-state index in [1.807, 2.05) is 24.3 Å². The second kappa shape index (κ2) is 9.19. The minimum Gasteiger partial charge on any atom is -0.462 e. The van der Waals surface area contributed by atoms with Crippen LogP contribution in [0.4, 0.5) is 11.5 Å². The van der Waals surface area contributed by atoms with Crippen LogP contribution in [0.15, 0.2) is 42.7 Å². The minimum absolute atomic E-state index is 0.335. The van der Waals surface area contributed by atoms with Crippen molar-refractivity contribution in [2.75, 3.05) is 42.6 Å². The van der Waals surface area contributed by atoms with E-state index in [2.05, 4.69) is 25.8 Å². The summed E-state index contributed by atoms with van der Waals surface area (Å²) < 4.78 is 5.02. The maximum atomic E-state index is 11.9. The molecule has 7 nitrogen and oxygen atoms in total. The lowest BCUT2D eigenvalue weighted by Crippen LogP contribution is -2.31. The van der Waals surface area contributed by atoms with Crippen molar-refractivity contribution in [2.24, 2.45) is 0 Å². The van der Waals surface area contributed by atoms with E-state index >= 15 is 0 Å². The minimum atomic E-state index is -0.365. The van der Waals surface area contributed by atoms with Crippen molar-refractivity contribution >= 4 is 40.0 Å². The number of esters is 1. The molecule has 1 aliphatic heterocycles. The Morgan fingerprint density at radius 2 is 1.94 bits per heavy atom. The second-order valence-corrected chi connectivity index (χ2v) is 7.68. The van der Waals surface area contributed by atoms with Crippen LogP contribution in [0.2, 0.25) is 5.02 Å². The van der Waals surface area contributed by atoms with Gasteiger partial charge in [0, 0.05) is 49.0 Å². The highest BCUT2D eigenvalue weighted by molar-refractivity contribution is 6.31. The lowest BCUT2D eigenvalue weighted by atomic mass is 10.1. The SMILES string of the molecule is CCOC(=O)c1ccc(N2CCCN(c3c(C#N)cnc4ccc(Cl)cc34)CC2)nc1. The molecule has 158 valence electrons. The number of halogens is 1. The number of nitriles is 1. The molecule has 0 aliphatic carbocycles. The monoisotopic (exact) mass is 435 g/mol. The fourth-order valence-electron chi connectivity index (χ4n) is 3.85. The Kier molecular flexibility index (Phi) is 6.19. The summed E-state index contributed by atoms with van der Waals surface area (Å²) >= 11 is 6.24. The molecule has 0 unspecified atom stereocenters. The van der Waals surface area contributed by atoms with Gasteiger partial charge in [-0.2, -0.15) is 5.26 Å². The summed E-state index contributed by atoms with van der Waals surface area (Å²) in [6, 6.07) is 11.4. The number of ether oxygens (including phenoxy) is 1. The van der Waals surface area contributed by atoms with Gasteiger partial charge >= 0.3 is 5.97 Å². The summed E-state index contributed by atoms with van der Waals surface area (Å²) in [7, 11) is 0. The summed E-state index contributed by atoms with van der Waals surface area (Å²) in [5.74, 6) is 0.453. The summed E-state index contributed by atoms with van der Waals surface area (Å²) in [5, 5.41) is 11.2. The van der Waals surface area contributed by atoms with E-state index in [1.165, 1.54) is 0 Å². The van der Waals surface area contributed by atoms with Crippen LogP contribution in [0, 0.1) is 11.3 Å². The highest BCUT2D eigenvalue weighted by Crippen LogP contribution is 2.32. The molecule has 0 N–H and O–H groups in total. The molecule has 0 spiro atoms. The highest BCUT2D eigenvalue weighted by atomic mass is 35.5. The normalized spacial score (nSPS) is 14.2. The first-order valence-corrected chi connectivity index (χ1v) is 10.6. The van der Waals surface area contributed by atoms with Gasteiger partial charge in [-0.1, -0.05) is 11.6 Å². The molecule has 3 heterocycles. The number of rotatable bonds is 4. The second-order valence-electron chi connectivity index (χ2n) is 7.25. The standard InChI is InChI=1S/C23H22ClN5O2/c1-2-31-23(30)16-4-7-21(27-14-16)28-8-3-9-29(11-10-28)22-17(13-25)15-26-20-6-5-18(24)12-19(20)22/h4-7,12,14-15H,2-3,8-11H2,1H3. The molecule has 31 heavy (non-hydrogen) atoms. The smallest absolute Gasteiger partial charge is 0.339 e. The number of hydrogen-bond acceptors (Lipinski definition) is 7. The number of aromatic nitrogens is 2. The Morgan fingerprint density at radius 3 is 2.68 bits per heavy atom. The predicted molar refractivity (Wildman–Crippen MR) is 121 cm³/mol. The van der Waals surface area contributed by atoms with E-state index in [4.69, 9.17) is 16.3 Å². The van der Waals surface area contributed by atoms with Gasteiger partial charge in [0.05, 0.1) is 28.9 Å². The van der Waals surface area contributed by atoms with Gasteiger partial charge in [-0.3, -0.25) is 4.98 Å². The Labute approximate surface area is 185 Å². The van der Waals surface area contributed by atoms with Gasteiger partial charge in [-0.25, -0.2) is 9.78 Å². The van der Waals surface area contributed by atoms with Crippen molar-refractivity contribution in [3.05, 3.63) is 58.9 Å². The predicted octanol–water partition coefficient (Wildman–Crippen LogP) is 4.05. The van der Waals surface area contributed by atoms with Crippen LogP contribution in [0.25, 0.3) is 10.9 Å². The average Bonchev–Trinajstić information content (AvgIpc) is 3.04. The largest absolute Gasteiger partial charge is 0.462 e. The molecule has 1 aromatic carbocycles. The van der Waals surface area contributed by atoms with E-state index in [9.17, 15) is 10.1 Å². The molecule has 4 rings (SSSR count). The van der Waals surface area contributed by atoms with Crippen LogP contribution in [0.5, 0.6) is 0 Å². The van der Waals surface area contributed by atoms with Gasteiger partial charge in [-0.15, -0.1) is 0 Å². The molecule has 1 fully saturated rings. The number of carbonyl (C=O) groups is 1.